The molecule has 0 aliphatic carbocycles. The number of halogens is 7. The Labute approximate surface area is 220 Å². The third-order valence-electron chi connectivity index (χ3n) is 7.23. The number of hydrogen-bond donors (Lipinski definition) is 1. The van der Waals surface area contributed by atoms with E-state index in [1.807, 2.05) is 23.1 Å². The van der Waals surface area contributed by atoms with E-state index in [0.29, 0.717) is 16.8 Å². The molecular weight excluding hydrogens is 529 g/mol. The third kappa shape index (κ3) is 5.63. The van der Waals surface area contributed by atoms with Gasteiger partial charge in [0.05, 0.1) is 19.6 Å². The molecule has 0 aromatic heterocycles. The highest BCUT2D eigenvalue weighted by Gasteiger charge is 2.47. The number of ether oxygens (including phenoxy) is 1. The Morgan fingerprint density at radius 3 is 2.33 bits per heavy atom. The number of nitrogens with zero attached hydrogens (tertiary/aromatic N) is 2. The highest BCUT2D eigenvalue weighted by molar-refractivity contribution is 5.67. The quantitative estimate of drug-likeness (QED) is 0.363. The van der Waals surface area contributed by atoms with Gasteiger partial charge < -0.3 is 19.6 Å². The summed E-state index contributed by atoms with van der Waals surface area (Å²) in [6.45, 7) is -0.281. The fourth-order valence-corrected chi connectivity index (χ4v) is 5.46. The predicted octanol–water partition coefficient (Wildman–Crippen LogP) is 6.02. The van der Waals surface area contributed by atoms with E-state index in [2.05, 4.69) is 4.74 Å². The zero-order chi connectivity index (χ0) is 28.0. The van der Waals surface area contributed by atoms with E-state index in [4.69, 9.17) is 0 Å². The first-order valence-electron chi connectivity index (χ1n) is 12.3. The van der Waals surface area contributed by atoms with Gasteiger partial charge in [-0.15, -0.1) is 13.2 Å². The molecule has 0 amide bonds. The summed E-state index contributed by atoms with van der Waals surface area (Å²) < 4.78 is 96.7. The molecule has 2 atom stereocenters. The summed E-state index contributed by atoms with van der Waals surface area (Å²) in [6.07, 6.45) is -13.1. The molecule has 3 aromatic carbocycles. The molecule has 0 spiro atoms. The molecule has 11 heteroatoms. The molecule has 208 valence electrons. The molecule has 1 fully saturated rings. The number of β-amino-alcohol motifs (C(OH)–C–C–N with tert-alkyl or cyclic N) is 1. The van der Waals surface area contributed by atoms with Gasteiger partial charge in [0, 0.05) is 23.3 Å². The lowest BCUT2D eigenvalue weighted by Crippen LogP contribution is -2.48. The lowest BCUT2D eigenvalue weighted by atomic mass is 9.71. The summed E-state index contributed by atoms with van der Waals surface area (Å²) >= 11 is 0. The number of para-hydroxylation sites is 1. The molecule has 4 nitrogen and oxygen atoms in total. The molecule has 1 saturated heterocycles. The van der Waals surface area contributed by atoms with Gasteiger partial charge in [0.25, 0.3) is 0 Å². The molecule has 2 heterocycles. The number of benzene rings is 3. The van der Waals surface area contributed by atoms with Crippen LogP contribution in [-0.2, 0) is 11.8 Å². The van der Waals surface area contributed by atoms with E-state index in [-0.39, 0.29) is 26.1 Å². The molecule has 39 heavy (non-hydrogen) atoms. The van der Waals surface area contributed by atoms with Crippen molar-refractivity contribution in [3.05, 3.63) is 89.5 Å². The van der Waals surface area contributed by atoms with E-state index in [0.717, 1.165) is 17.3 Å². The van der Waals surface area contributed by atoms with Gasteiger partial charge in [0.2, 0.25) is 0 Å². The van der Waals surface area contributed by atoms with E-state index < -0.39 is 42.5 Å². The summed E-state index contributed by atoms with van der Waals surface area (Å²) in [6, 6.07) is 19.5. The van der Waals surface area contributed by atoms with Gasteiger partial charge in [-0.1, -0.05) is 42.5 Å². The van der Waals surface area contributed by atoms with Crippen molar-refractivity contribution in [3.63, 3.8) is 0 Å². The molecule has 1 N–H and O–H groups in total. The molecule has 0 radical (unpaired) electrons. The number of rotatable bonds is 7. The first-order valence-corrected chi connectivity index (χ1v) is 12.3. The summed E-state index contributed by atoms with van der Waals surface area (Å²) in [5, 5.41) is 9.88. The van der Waals surface area contributed by atoms with Crippen molar-refractivity contribution in [1.29, 1.82) is 0 Å². The highest BCUT2D eigenvalue weighted by atomic mass is 19.4. The van der Waals surface area contributed by atoms with Crippen LogP contribution in [0.2, 0.25) is 0 Å². The lowest BCUT2D eigenvalue weighted by molar-refractivity contribution is -0.274. The molecule has 2 unspecified atom stereocenters. The Morgan fingerprint density at radius 2 is 1.64 bits per heavy atom. The van der Waals surface area contributed by atoms with Crippen molar-refractivity contribution in [3.8, 4) is 5.75 Å². The van der Waals surface area contributed by atoms with Crippen LogP contribution >= 0.6 is 0 Å². The van der Waals surface area contributed by atoms with Crippen molar-refractivity contribution in [2.24, 2.45) is 0 Å². The van der Waals surface area contributed by atoms with Gasteiger partial charge in [-0.05, 0) is 53.4 Å². The van der Waals surface area contributed by atoms with Crippen molar-refractivity contribution >= 4 is 11.4 Å². The summed E-state index contributed by atoms with van der Waals surface area (Å²) in [4.78, 5) is 3.27. The standard InChI is InChI=1S/C28H25F7N2O2/c29-20-14-36(15-20)21-7-3-5-18(11-21)13-26(19-6-4-8-22(12-19)39-28(33,34)35)17-37(16-25(38)27(30,31)32)24-10-2-1-9-23(24)26/h1-12,20,25,38H,13-17H2. The summed E-state index contributed by atoms with van der Waals surface area (Å²) in [5.41, 5.74) is 1.94. The Morgan fingerprint density at radius 1 is 0.923 bits per heavy atom. The lowest BCUT2D eigenvalue weighted by Gasteiger charge is -2.37. The van der Waals surface area contributed by atoms with Gasteiger partial charge in [0.15, 0.2) is 6.10 Å². The SMILES string of the molecule is OC(CN1CC(Cc2cccc(N3CC(F)C3)c2)(c2cccc(OC(F)(F)F)c2)c2ccccc21)C(F)(F)F. The summed E-state index contributed by atoms with van der Waals surface area (Å²) in [7, 11) is 0. The van der Waals surface area contributed by atoms with Crippen molar-refractivity contribution in [1.82, 2.24) is 0 Å². The Balaban J connectivity index is 1.59. The smallest absolute Gasteiger partial charge is 0.406 e. The normalized spacial score (nSPS) is 20.5. The maximum Gasteiger partial charge on any atom is 0.573 e. The van der Waals surface area contributed by atoms with Gasteiger partial charge >= 0.3 is 12.5 Å². The minimum Gasteiger partial charge on any atom is -0.406 e. The number of hydrogen-bond acceptors (Lipinski definition) is 4. The van der Waals surface area contributed by atoms with Gasteiger partial charge in [-0.2, -0.15) is 13.2 Å². The number of aliphatic hydroxyl groups is 1. The minimum absolute atomic E-state index is 0.0323. The predicted molar refractivity (Wildman–Crippen MR) is 132 cm³/mol. The van der Waals surface area contributed by atoms with E-state index in [1.165, 1.54) is 17.0 Å². The molecule has 5 rings (SSSR count). The Hall–Kier alpha value is -3.47. The molecular formula is C28H25F7N2O2. The molecule has 2 aliphatic rings. The zero-order valence-electron chi connectivity index (χ0n) is 20.5. The van der Waals surface area contributed by atoms with Crippen LogP contribution in [0.1, 0.15) is 16.7 Å². The second-order valence-corrected chi connectivity index (χ2v) is 9.96. The average Bonchev–Trinajstić information content (AvgIpc) is 3.15. The van der Waals surface area contributed by atoms with E-state index in [9.17, 15) is 35.8 Å². The van der Waals surface area contributed by atoms with Crippen molar-refractivity contribution in [2.75, 3.05) is 36.0 Å². The van der Waals surface area contributed by atoms with Crippen LogP contribution in [0.4, 0.5) is 42.1 Å². The first kappa shape index (κ1) is 27.1. The minimum atomic E-state index is -4.93. The number of fused-ring (bicyclic) bond motifs is 1. The maximum atomic E-state index is 13.5. The molecule has 3 aromatic rings. The van der Waals surface area contributed by atoms with Crippen LogP contribution in [0.15, 0.2) is 72.8 Å². The monoisotopic (exact) mass is 554 g/mol. The van der Waals surface area contributed by atoms with Crippen LogP contribution in [-0.4, -0.2) is 56.1 Å². The van der Waals surface area contributed by atoms with Crippen molar-refractivity contribution in [2.45, 2.75) is 36.7 Å². The fourth-order valence-electron chi connectivity index (χ4n) is 5.46. The maximum absolute atomic E-state index is 13.5. The van der Waals surface area contributed by atoms with Crippen LogP contribution in [0.3, 0.4) is 0 Å². The number of aliphatic hydroxyl groups excluding tert-OH is 1. The van der Waals surface area contributed by atoms with Gasteiger partial charge in [-0.3, -0.25) is 0 Å². The van der Waals surface area contributed by atoms with E-state index >= 15 is 0 Å². The fraction of sp³-hybridized carbons (Fsp3) is 0.357. The topological polar surface area (TPSA) is 35.9 Å². The summed E-state index contributed by atoms with van der Waals surface area (Å²) in [5.74, 6) is -0.450. The van der Waals surface area contributed by atoms with Gasteiger partial charge in [0.1, 0.15) is 11.9 Å². The first-order chi connectivity index (χ1) is 18.3. The van der Waals surface area contributed by atoms with Crippen LogP contribution < -0.4 is 14.5 Å². The third-order valence-corrected chi connectivity index (χ3v) is 7.23. The van der Waals surface area contributed by atoms with Crippen molar-refractivity contribution < 1.29 is 40.6 Å². The van der Waals surface area contributed by atoms with Gasteiger partial charge in [-0.25, -0.2) is 4.39 Å². The zero-order valence-corrected chi connectivity index (χ0v) is 20.5. The Bertz CT molecular complexity index is 1320. The van der Waals surface area contributed by atoms with Crippen LogP contribution in [0.5, 0.6) is 5.75 Å². The van der Waals surface area contributed by atoms with E-state index in [1.54, 1.807) is 36.4 Å². The largest absolute Gasteiger partial charge is 0.573 e. The van der Waals surface area contributed by atoms with Crippen LogP contribution in [0.25, 0.3) is 0 Å². The second-order valence-electron chi connectivity index (χ2n) is 9.96. The average molecular weight is 555 g/mol. The Kier molecular flexibility index (Phi) is 6.90. The molecule has 0 bridgehead atoms. The second kappa shape index (κ2) is 9.93. The van der Waals surface area contributed by atoms with Crippen LogP contribution in [0, 0.1) is 0 Å². The molecule has 0 saturated carbocycles. The molecule has 2 aliphatic heterocycles. The number of alkyl halides is 7. The highest BCUT2D eigenvalue weighted by Crippen LogP contribution is 2.48. The number of anilines is 2.